The number of hydrogen-bond acceptors (Lipinski definition) is 3. The van der Waals surface area contributed by atoms with Gasteiger partial charge in [-0.25, -0.2) is 0 Å². The van der Waals surface area contributed by atoms with Crippen LogP contribution in [0.2, 0.25) is 0 Å². The van der Waals surface area contributed by atoms with E-state index in [1.807, 2.05) is 39.0 Å². The number of carbonyl (C=O) groups is 1. The van der Waals surface area contributed by atoms with Crippen molar-refractivity contribution < 1.29 is 14.3 Å². The minimum Gasteiger partial charge on any atom is -0.490 e. The first kappa shape index (κ1) is 18.8. The van der Waals surface area contributed by atoms with Crippen LogP contribution in [0.1, 0.15) is 43.1 Å². The minimum atomic E-state index is -0.0930. The fourth-order valence-corrected chi connectivity index (χ4v) is 2.60. The molecule has 0 aliphatic carbocycles. The summed E-state index contributed by atoms with van der Waals surface area (Å²) in [6.45, 7) is 6.94. The molecule has 2 rings (SSSR count). The first-order chi connectivity index (χ1) is 12.1. The van der Waals surface area contributed by atoms with Crippen molar-refractivity contribution in [3.8, 4) is 11.5 Å². The topological polar surface area (TPSA) is 47.6 Å². The molecule has 1 amide bonds. The highest BCUT2D eigenvalue weighted by molar-refractivity contribution is 5.95. The van der Waals surface area contributed by atoms with Gasteiger partial charge in [0.15, 0.2) is 11.5 Å². The smallest absolute Gasteiger partial charge is 0.251 e. The molecule has 0 unspecified atom stereocenters. The van der Waals surface area contributed by atoms with Crippen molar-refractivity contribution >= 4 is 5.91 Å². The highest BCUT2D eigenvalue weighted by Crippen LogP contribution is 2.28. The highest BCUT2D eigenvalue weighted by atomic mass is 16.5. The molecule has 134 valence electrons. The van der Waals surface area contributed by atoms with Crippen molar-refractivity contribution in [3.05, 3.63) is 59.7 Å². The van der Waals surface area contributed by atoms with Crippen molar-refractivity contribution in [1.82, 2.24) is 5.32 Å². The van der Waals surface area contributed by atoms with E-state index < -0.39 is 0 Å². The van der Waals surface area contributed by atoms with E-state index in [2.05, 4.69) is 17.4 Å². The fraction of sp³-hybridized carbons (Fsp3) is 0.381. The second kappa shape index (κ2) is 9.72. The number of hydrogen-bond donors (Lipinski definition) is 1. The summed E-state index contributed by atoms with van der Waals surface area (Å²) in [5.74, 6) is 1.18. The maximum Gasteiger partial charge on any atom is 0.251 e. The van der Waals surface area contributed by atoms with Crippen LogP contribution in [0.5, 0.6) is 11.5 Å². The van der Waals surface area contributed by atoms with Crippen LogP contribution in [0, 0.1) is 0 Å². The van der Waals surface area contributed by atoms with E-state index in [4.69, 9.17) is 9.47 Å². The van der Waals surface area contributed by atoms with Crippen LogP contribution in [0.3, 0.4) is 0 Å². The largest absolute Gasteiger partial charge is 0.490 e. The van der Waals surface area contributed by atoms with Crippen LogP contribution in [0.15, 0.2) is 48.5 Å². The third kappa shape index (κ3) is 5.82. The molecule has 2 aromatic carbocycles. The summed E-state index contributed by atoms with van der Waals surface area (Å²) in [5.41, 5.74) is 1.86. The highest BCUT2D eigenvalue weighted by Gasteiger charge is 2.13. The van der Waals surface area contributed by atoms with E-state index in [1.54, 1.807) is 18.2 Å². The molecule has 0 fully saturated rings. The normalized spacial score (nSPS) is 11.6. The quantitative estimate of drug-likeness (QED) is 0.742. The summed E-state index contributed by atoms with van der Waals surface area (Å²) in [5, 5.41) is 3.05. The molecule has 1 N–H and O–H groups in total. The monoisotopic (exact) mass is 341 g/mol. The third-order valence-electron chi connectivity index (χ3n) is 3.89. The Morgan fingerprint density at radius 3 is 2.36 bits per heavy atom. The van der Waals surface area contributed by atoms with Gasteiger partial charge in [0.25, 0.3) is 5.91 Å². The predicted octanol–water partition coefficient (Wildman–Crippen LogP) is 4.24. The van der Waals surface area contributed by atoms with Gasteiger partial charge in [-0.15, -0.1) is 0 Å². The van der Waals surface area contributed by atoms with Gasteiger partial charge < -0.3 is 14.8 Å². The molecule has 0 saturated heterocycles. The summed E-state index contributed by atoms with van der Waals surface area (Å²) < 4.78 is 11.1. The predicted molar refractivity (Wildman–Crippen MR) is 100 cm³/mol. The molecule has 0 aromatic heterocycles. The van der Waals surface area contributed by atoms with Crippen LogP contribution in [-0.4, -0.2) is 25.2 Å². The first-order valence-corrected chi connectivity index (χ1v) is 8.88. The molecule has 1 atom stereocenters. The summed E-state index contributed by atoms with van der Waals surface area (Å²) in [6.07, 6.45) is 1.83. The van der Waals surface area contributed by atoms with Crippen LogP contribution in [-0.2, 0) is 6.42 Å². The average molecular weight is 341 g/mol. The number of carbonyl (C=O) groups excluding carboxylic acids is 1. The van der Waals surface area contributed by atoms with Gasteiger partial charge in [0.05, 0.1) is 13.2 Å². The van der Waals surface area contributed by atoms with Gasteiger partial charge in [0.1, 0.15) is 0 Å². The Morgan fingerprint density at radius 1 is 1.00 bits per heavy atom. The molecule has 0 saturated carbocycles. The Bertz CT molecular complexity index is 670. The number of ether oxygens (including phenoxy) is 2. The number of aryl methyl sites for hydroxylation is 1. The van der Waals surface area contributed by atoms with Crippen LogP contribution >= 0.6 is 0 Å². The minimum absolute atomic E-state index is 0.0924. The van der Waals surface area contributed by atoms with E-state index in [0.717, 1.165) is 12.8 Å². The first-order valence-electron chi connectivity index (χ1n) is 8.88. The van der Waals surface area contributed by atoms with Gasteiger partial charge in [-0.3, -0.25) is 4.79 Å². The molecule has 0 aliphatic rings. The zero-order valence-electron chi connectivity index (χ0n) is 15.2. The zero-order chi connectivity index (χ0) is 18.1. The van der Waals surface area contributed by atoms with Crippen molar-refractivity contribution in [1.29, 1.82) is 0 Å². The van der Waals surface area contributed by atoms with Gasteiger partial charge in [-0.05, 0) is 57.4 Å². The molecule has 2 aromatic rings. The standard InChI is InChI=1S/C21H27NO3/c1-4-24-19-14-13-18(15-20(19)25-5-2)21(23)22-16(3)11-12-17-9-7-6-8-10-17/h6-10,13-16H,4-5,11-12H2,1-3H3,(H,22,23)/t16-/m0/s1. The molecule has 0 spiro atoms. The maximum atomic E-state index is 12.5. The second-order valence-corrected chi connectivity index (χ2v) is 5.93. The SMILES string of the molecule is CCOc1ccc(C(=O)N[C@@H](C)CCc2ccccc2)cc1OCC. The summed E-state index contributed by atoms with van der Waals surface area (Å²) in [6, 6.07) is 15.7. The average Bonchev–Trinajstić information content (AvgIpc) is 2.62. The number of rotatable bonds is 9. The van der Waals surface area contributed by atoms with E-state index >= 15 is 0 Å². The Labute approximate surface area is 150 Å². The summed E-state index contributed by atoms with van der Waals surface area (Å²) in [7, 11) is 0. The lowest BCUT2D eigenvalue weighted by Gasteiger charge is -2.16. The lowest BCUT2D eigenvalue weighted by atomic mass is 10.1. The van der Waals surface area contributed by atoms with Gasteiger partial charge in [-0.2, -0.15) is 0 Å². The van der Waals surface area contributed by atoms with Crippen molar-refractivity contribution in [2.75, 3.05) is 13.2 Å². The zero-order valence-corrected chi connectivity index (χ0v) is 15.2. The number of benzene rings is 2. The third-order valence-corrected chi connectivity index (χ3v) is 3.89. The fourth-order valence-electron chi connectivity index (χ4n) is 2.60. The van der Waals surface area contributed by atoms with Crippen LogP contribution < -0.4 is 14.8 Å². The van der Waals surface area contributed by atoms with E-state index in [-0.39, 0.29) is 11.9 Å². The van der Waals surface area contributed by atoms with Gasteiger partial charge in [-0.1, -0.05) is 30.3 Å². The van der Waals surface area contributed by atoms with Gasteiger partial charge >= 0.3 is 0 Å². The van der Waals surface area contributed by atoms with E-state index in [9.17, 15) is 4.79 Å². The summed E-state index contributed by atoms with van der Waals surface area (Å²) in [4.78, 5) is 12.5. The van der Waals surface area contributed by atoms with E-state index in [0.29, 0.717) is 30.3 Å². The van der Waals surface area contributed by atoms with Crippen LogP contribution in [0.4, 0.5) is 0 Å². The molecular weight excluding hydrogens is 314 g/mol. The molecule has 0 heterocycles. The van der Waals surface area contributed by atoms with Crippen molar-refractivity contribution in [2.24, 2.45) is 0 Å². The second-order valence-electron chi connectivity index (χ2n) is 5.93. The molecule has 0 aliphatic heterocycles. The van der Waals surface area contributed by atoms with Crippen molar-refractivity contribution in [2.45, 2.75) is 39.7 Å². The van der Waals surface area contributed by atoms with Gasteiger partial charge in [0, 0.05) is 11.6 Å². The van der Waals surface area contributed by atoms with Gasteiger partial charge in [0.2, 0.25) is 0 Å². The molecule has 25 heavy (non-hydrogen) atoms. The lowest BCUT2D eigenvalue weighted by molar-refractivity contribution is 0.0938. The van der Waals surface area contributed by atoms with Crippen LogP contribution in [0.25, 0.3) is 0 Å². The molecule has 4 nitrogen and oxygen atoms in total. The Hall–Kier alpha value is -2.49. The van der Waals surface area contributed by atoms with Crippen molar-refractivity contribution in [3.63, 3.8) is 0 Å². The molecule has 0 radical (unpaired) electrons. The lowest BCUT2D eigenvalue weighted by Crippen LogP contribution is -2.32. The van der Waals surface area contributed by atoms with E-state index in [1.165, 1.54) is 5.56 Å². The summed E-state index contributed by atoms with van der Waals surface area (Å²) >= 11 is 0. The number of amides is 1. The molecule has 4 heteroatoms. The Morgan fingerprint density at radius 2 is 1.68 bits per heavy atom. The molecule has 0 bridgehead atoms. The molecular formula is C21H27NO3. The Kier molecular flexibility index (Phi) is 7.33. The Balaban J connectivity index is 1.96. The number of nitrogens with one attached hydrogen (secondary N) is 1. The maximum absolute atomic E-state index is 12.5.